The van der Waals surface area contributed by atoms with E-state index in [0.29, 0.717) is 42.6 Å². The minimum absolute atomic E-state index is 0.110. The van der Waals surface area contributed by atoms with Crippen molar-refractivity contribution in [1.82, 2.24) is 15.6 Å². The number of carbonyl (C=O) groups excluding carboxylic acids is 3. The molecule has 1 fully saturated rings. The summed E-state index contributed by atoms with van der Waals surface area (Å²) in [5, 5.41) is 7.04. The van der Waals surface area contributed by atoms with Gasteiger partial charge in [0.15, 0.2) is 6.61 Å². The first kappa shape index (κ1) is 26.2. The van der Waals surface area contributed by atoms with Gasteiger partial charge in [0.1, 0.15) is 11.8 Å². The highest BCUT2D eigenvalue weighted by molar-refractivity contribution is 6.33. The topological polar surface area (TPSA) is 109 Å². The molecular weight excluding hydrogens is 472 g/mol. The lowest BCUT2D eigenvalue weighted by atomic mass is 10.0. The second kappa shape index (κ2) is 12.9. The number of nitrogens with zero attached hydrogens (tertiary/aromatic N) is 2. The van der Waals surface area contributed by atoms with Crippen molar-refractivity contribution in [3.05, 3.63) is 64.7 Å². The first-order valence-electron chi connectivity index (χ1n) is 11.3. The molecule has 1 aliphatic heterocycles. The molecule has 1 saturated heterocycles. The van der Waals surface area contributed by atoms with Crippen LogP contribution in [0.2, 0.25) is 5.02 Å². The molecule has 0 aromatic heterocycles. The van der Waals surface area contributed by atoms with Crippen LogP contribution in [0.25, 0.3) is 0 Å². The SMILES string of the molecule is CC(C)C(NC(=O)c1ccccc1Cl)C(=O)N/N=C/c1ccccc1OCC(=O)N1CCOCC1. The highest BCUT2D eigenvalue weighted by atomic mass is 35.5. The standard InChI is InChI=1S/C25H29ClN4O5/c1-17(2)23(28-24(32)19-8-4-5-9-20(19)26)25(33)29-27-15-18-7-3-6-10-21(18)35-16-22(31)30-11-13-34-14-12-30/h3-10,15,17,23H,11-14,16H2,1-2H3,(H,28,32)(H,29,33)/b27-15+. The van der Waals surface area contributed by atoms with E-state index in [1.807, 2.05) is 13.8 Å². The summed E-state index contributed by atoms with van der Waals surface area (Å²) >= 11 is 6.09. The molecule has 1 atom stereocenters. The molecule has 3 rings (SSSR count). The number of halogens is 1. The van der Waals surface area contributed by atoms with E-state index in [9.17, 15) is 14.4 Å². The Morgan fingerprint density at radius 2 is 1.80 bits per heavy atom. The van der Waals surface area contributed by atoms with E-state index < -0.39 is 17.9 Å². The molecule has 10 heteroatoms. The van der Waals surface area contributed by atoms with Gasteiger partial charge in [0.2, 0.25) is 0 Å². The number of hydrazone groups is 1. The number of morpholine rings is 1. The van der Waals surface area contributed by atoms with E-state index in [4.69, 9.17) is 21.1 Å². The van der Waals surface area contributed by atoms with E-state index in [-0.39, 0.29) is 24.0 Å². The number of para-hydroxylation sites is 1. The summed E-state index contributed by atoms with van der Waals surface area (Å²) < 4.78 is 11.0. The summed E-state index contributed by atoms with van der Waals surface area (Å²) in [5.74, 6) is -0.782. The molecular formula is C25H29ClN4O5. The Balaban J connectivity index is 1.59. The fourth-order valence-corrected chi connectivity index (χ4v) is 3.62. The second-order valence-corrected chi connectivity index (χ2v) is 8.64. The third-order valence-electron chi connectivity index (χ3n) is 5.37. The van der Waals surface area contributed by atoms with Crippen LogP contribution in [0.3, 0.4) is 0 Å². The van der Waals surface area contributed by atoms with Crippen LogP contribution in [-0.2, 0) is 14.3 Å². The molecule has 2 N–H and O–H groups in total. The number of benzene rings is 2. The molecule has 1 unspecified atom stereocenters. The van der Waals surface area contributed by atoms with Gasteiger partial charge in [-0.1, -0.05) is 49.7 Å². The van der Waals surface area contributed by atoms with Gasteiger partial charge in [-0.3, -0.25) is 14.4 Å². The lowest BCUT2D eigenvalue weighted by Crippen LogP contribution is -2.48. The Bertz CT molecular complexity index is 1070. The van der Waals surface area contributed by atoms with Crippen molar-refractivity contribution in [2.45, 2.75) is 19.9 Å². The molecule has 186 valence electrons. The number of hydrogen-bond donors (Lipinski definition) is 2. The van der Waals surface area contributed by atoms with Crippen LogP contribution in [0, 0.1) is 5.92 Å². The third-order valence-corrected chi connectivity index (χ3v) is 5.70. The van der Waals surface area contributed by atoms with Gasteiger partial charge in [-0.15, -0.1) is 0 Å². The van der Waals surface area contributed by atoms with Gasteiger partial charge in [-0.2, -0.15) is 5.10 Å². The largest absolute Gasteiger partial charge is 0.483 e. The summed E-state index contributed by atoms with van der Waals surface area (Å²) in [6, 6.07) is 12.8. The van der Waals surface area contributed by atoms with Crippen LogP contribution >= 0.6 is 11.6 Å². The molecule has 9 nitrogen and oxygen atoms in total. The zero-order chi connectivity index (χ0) is 25.2. The van der Waals surface area contributed by atoms with Crippen LogP contribution in [-0.4, -0.2) is 67.8 Å². The summed E-state index contributed by atoms with van der Waals surface area (Å²) in [7, 11) is 0. The average Bonchev–Trinajstić information content (AvgIpc) is 2.86. The molecule has 0 spiro atoms. The highest BCUT2D eigenvalue weighted by Gasteiger charge is 2.25. The fraction of sp³-hybridized carbons (Fsp3) is 0.360. The van der Waals surface area contributed by atoms with E-state index in [0.717, 1.165) is 0 Å². The van der Waals surface area contributed by atoms with Crippen molar-refractivity contribution in [2.24, 2.45) is 11.0 Å². The normalized spacial score (nSPS) is 14.6. The van der Waals surface area contributed by atoms with Crippen molar-refractivity contribution in [3.63, 3.8) is 0 Å². The summed E-state index contributed by atoms with van der Waals surface area (Å²) in [5.41, 5.74) is 3.34. The van der Waals surface area contributed by atoms with Crippen LogP contribution in [0.15, 0.2) is 53.6 Å². The Labute approximate surface area is 209 Å². The number of ether oxygens (including phenoxy) is 2. The minimum Gasteiger partial charge on any atom is -0.483 e. The van der Waals surface area contributed by atoms with Crippen molar-refractivity contribution in [1.29, 1.82) is 0 Å². The summed E-state index contributed by atoms with van der Waals surface area (Å²) in [6.07, 6.45) is 1.43. The fourth-order valence-electron chi connectivity index (χ4n) is 3.40. The number of hydrogen-bond acceptors (Lipinski definition) is 6. The number of carbonyl (C=O) groups is 3. The second-order valence-electron chi connectivity index (χ2n) is 8.23. The highest BCUT2D eigenvalue weighted by Crippen LogP contribution is 2.17. The minimum atomic E-state index is -0.825. The first-order valence-corrected chi connectivity index (χ1v) is 11.7. The van der Waals surface area contributed by atoms with Gasteiger partial charge < -0.3 is 19.7 Å². The lowest BCUT2D eigenvalue weighted by molar-refractivity contribution is -0.137. The van der Waals surface area contributed by atoms with Gasteiger partial charge in [0, 0.05) is 18.7 Å². The monoisotopic (exact) mass is 500 g/mol. The zero-order valence-corrected chi connectivity index (χ0v) is 20.5. The van der Waals surface area contributed by atoms with Crippen LogP contribution in [0.1, 0.15) is 29.8 Å². The molecule has 3 amide bonds. The van der Waals surface area contributed by atoms with Gasteiger partial charge in [0.05, 0.1) is 30.0 Å². The lowest BCUT2D eigenvalue weighted by Gasteiger charge is -2.26. The maximum Gasteiger partial charge on any atom is 0.262 e. The smallest absolute Gasteiger partial charge is 0.262 e. The Morgan fingerprint density at radius 3 is 2.51 bits per heavy atom. The maximum atomic E-state index is 12.7. The van der Waals surface area contributed by atoms with Crippen molar-refractivity contribution >= 4 is 35.5 Å². The van der Waals surface area contributed by atoms with Crippen molar-refractivity contribution in [3.8, 4) is 5.75 Å². The quantitative estimate of drug-likeness (QED) is 0.406. The molecule has 1 heterocycles. The predicted octanol–water partition coefficient (Wildman–Crippen LogP) is 2.48. The Hall–Kier alpha value is -3.43. The molecule has 2 aromatic carbocycles. The molecule has 1 aliphatic rings. The van der Waals surface area contributed by atoms with E-state index in [1.54, 1.807) is 53.4 Å². The predicted molar refractivity (Wildman–Crippen MR) is 133 cm³/mol. The molecule has 0 aliphatic carbocycles. The zero-order valence-electron chi connectivity index (χ0n) is 19.7. The van der Waals surface area contributed by atoms with Gasteiger partial charge in [-0.05, 0) is 30.2 Å². The van der Waals surface area contributed by atoms with Gasteiger partial charge in [0.25, 0.3) is 17.7 Å². The van der Waals surface area contributed by atoms with E-state index >= 15 is 0 Å². The summed E-state index contributed by atoms with van der Waals surface area (Å²) in [6.45, 7) is 5.64. The number of rotatable bonds is 9. The molecule has 35 heavy (non-hydrogen) atoms. The Morgan fingerprint density at radius 1 is 1.11 bits per heavy atom. The van der Waals surface area contributed by atoms with Crippen molar-refractivity contribution in [2.75, 3.05) is 32.9 Å². The van der Waals surface area contributed by atoms with E-state index in [1.165, 1.54) is 6.21 Å². The number of nitrogens with one attached hydrogen (secondary N) is 2. The van der Waals surface area contributed by atoms with E-state index in [2.05, 4.69) is 15.8 Å². The van der Waals surface area contributed by atoms with Crippen LogP contribution < -0.4 is 15.5 Å². The molecule has 2 aromatic rings. The van der Waals surface area contributed by atoms with Crippen LogP contribution in [0.4, 0.5) is 0 Å². The molecule has 0 saturated carbocycles. The third kappa shape index (κ3) is 7.53. The maximum absolute atomic E-state index is 12.7. The average molecular weight is 501 g/mol. The number of amides is 3. The van der Waals surface area contributed by atoms with Gasteiger partial charge >= 0.3 is 0 Å². The van der Waals surface area contributed by atoms with Crippen LogP contribution in [0.5, 0.6) is 5.75 Å². The summed E-state index contributed by atoms with van der Waals surface area (Å²) in [4.78, 5) is 39.4. The van der Waals surface area contributed by atoms with Gasteiger partial charge in [-0.25, -0.2) is 5.43 Å². The Kier molecular flexibility index (Phi) is 9.63. The van der Waals surface area contributed by atoms with Crippen molar-refractivity contribution < 1.29 is 23.9 Å². The molecule has 0 radical (unpaired) electrons. The first-order chi connectivity index (χ1) is 16.9. The molecule has 0 bridgehead atoms.